The number of aryl methyl sites for hydroxylation is 1. The molecule has 1 saturated heterocycles. The largest absolute Gasteiger partial charge is 0.496 e. The summed E-state index contributed by atoms with van der Waals surface area (Å²) in [6.45, 7) is 6.14. The molecule has 0 atom stereocenters. The first kappa shape index (κ1) is 21.4. The number of hydrogen-bond donors (Lipinski definition) is 0. The number of carbonyl (C=O) groups excluding carboxylic acids is 1. The van der Waals surface area contributed by atoms with Crippen LogP contribution in [0.2, 0.25) is 0 Å². The Morgan fingerprint density at radius 2 is 1.77 bits per heavy atom. The van der Waals surface area contributed by atoms with Gasteiger partial charge in [0.2, 0.25) is 0 Å². The fourth-order valence-electron chi connectivity index (χ4n) is 4.00. The zero-order chi connectivity index (χ0) is 22.0. The van der Waals surface area contributed by atoms with Gasteiger partial charge in [-0.05, 0) is 38.5 Å². The third kappa shape index (κ3) is 4.75. The van der Waals surface area contributed by atoms with Crippen LogP contribution >= 0.6 is 0 Å². The molecule has 0 spiro atoms. The molecule has 166 valence electrons. The molecule has 0 unspecified atom stereocenters. The van der Waals surface area contributed by atoms with Crippen LogP contribution in [0, 0.1) is 12.3 Å². The summed E-state index contributed by atoms with van der Waals surface area (Å²) >= 11 is 0. The number of ether oxygens (including phenoxy) is 3. The molecule has 2 aliphatic rings. The van der Waals surface area contributed by atoms with E-state index in [1.54, 1.807) is 26.5 Å². The van der Waals surface area contributed by atoms with E-state index in [4.69, 9.17) is 14.2 Å². The van der Waals surface area contributed by atoms with Crippen molar-refractivity contribution < 1.29 is 19.0 Å². The molecule has 0 aromatic carbocycles. The third-order valence-electron chi connectivity index (χ3n) is 6.42. The summed E-state index contributed by atoms with van der Waals surface area (Å²) in [5.41, 5.74) is 2.70. The molecular formula is C24H31N3O4. The van der Waals surface area contributed by atoms with Gasteiger partial charge in [-0.1, -0.05) is 6.92 Å². The summed E-state index contributed by atoms with van der Waals surface area (Å²) in [5, 5.41) is 0. The number of piperidine rings is 1. The molecule has 7 nitrogen and oxygen atoms in total. The van der Waals surface area contributed by atoms with Gasteiger partial charge in [-0.15, -0.1) is 0 Å². The topological polar surface area (TPSA) is 73.8 Å². The maximum absolute atomic E-state index is 13.0. The lowest BCUT2D eigenvalue weighted by Gasteiger charge is -2.32. The summed E-state index contributed by atoms with van der Waals surface area (Å²) < 4.78 is 16.9. The second-order valence-electron chi connectivity index (χ2n) is 8.95. The van der Waals surface area contributed by atoms with E-state index in [0.717, 1.165) is 29.8 Å². The molecule has 4 rings (SSSR count). The van der Waals surface area contributed by atoms with Gasteiger partial charge < -0.3 is 19.1 Å². The second kappa shape index (κ2) is 8.73. The van der Waals surface area contributed by atoms with Crippen LogP contribution in [0.15, 0.2) is 24.5 Å². The number of carbonyl (C=O) groups is 1. The highest BCUT2D eigenvalue weighted by Crippen LogP contribution is 2.45. The first-order chi connectivity index (χ1) is 14.9. The number of methoxy groups -OCH3 is 2. The Bertz CT molecular complexity index is 950. The fraction of sp³-hybridized carbons (Fsp3) is 0.542. The number of rotatable bonds is 7. The highest BCUT2D eigenvalue weighted by Gasteiger charge is 2.38. The number of likely N-dealkylation sites (tertiary alicyclic amines) is 1. The van der Waals surface area contributed by atoms with Crippen molar-refractivity contribution in [2.24, 2.45) is 5.41 Å². The monoisotopic (exact) mass is 425 g/mol. The molecule has 2 fully saturated rings. The number of hydrogen-bond acceptors (Lipinski definition) is 6. The maximum Gasteiger partial charge on any atom is 0.272 e. The van der Waals surface area contributed by atoms with Crippen molar-refractivity contribution in [2.45, 2.75) is 45.4 Å². The van der Waals surface area contributed by atoms with Gasteiger partial charge in [0.1, 0.15) is 11.4 Å². The number of pyridine rings is 2. The molecule has 1 saturated carbocycles. The quantitative estimate of drug-likeness (QED) is 0.668. The molecule has 1 amide bonds. The van der Waals surface area contributed by atoms with E-state index in [0.29, 0.717) is 42.8 Å². The lowest BCUT2D eigenvalue weighted by molar-refractivity contribution is 0.0706. The molecule has 1 aliphatic heterocycles. The van der Waals surface area contributed by atoms with Crippen molar-refractivity contribution in [3.05, 3.63) is 41.5 Å². The first-order valence-electron chi connectivity index (χ1n) is 10.9. The molecule has 0 N–H and O–H groups in total. The van der Waals surface area contributed by atoms with Crippen LogP contribution in [0.5, 0.6) is 17.2 Å². The zero-order valence-corrected chi connectivity index (χ0v) is 18.8. The number of amides is 1. The highest BCUT2D eigenvalue weighted by molar-refractivity contribution is 5.93. The van der Waals surface area contributed by atoms with Crippen LogP contribution in [0.3, 0.4) is 0 Å². The molecule has 1 aliphatic carbocycles. The molecular weight excluding hydrogens is 394 g/mol. The van der Waals surface area contributed by atoms with Gasteiger partial charge >= 0.3 is 0 Å². The van der Waals surface area contributed by atoms with E-state index in [1.807, 2.05) is 24.1 Å². The van der Waals surface area contributed by atoms with E-state index in [1.165, 1.54) is 12.8 Å². The number of nitrogens with zero attached hydrogens (tertiary/aromatic N) is 3. The van der Waals surface area contributed by atoms with Crippen molar-refractivity contribution in [2.75, 3.05) is 33.9 Å². The summed E-state index contributed by atoms with van der Waals surface area (Å²) in [4.78, 5) is 23.7. The summed E-state index contributed by atoms with van der Waals surface area (Å²) in [5.74, 6) is 2.26. The molecule has 3 heterocycles. The minimum atomic E-state index is -0.0774. The first-order valence-corrected chi connectivity index (χ1v) is 10.9. The van der Waals surface area contributed by atoms with Crippen molar-refractivity contribution in [1.82, 2.24) is 14.9 Å². The second-order valence-corrected chi connectivity index (χ2v) is 8.95. The van der Waals surface area contributed by atoms with Gasteiger partial charge in [0.25, 0.3) is 5.91 Å². The Kier molecular flexibility index (Phi) is 6.03. The van der Waals surface area contributed by atoms with Gasteiger partial charge in [-0.3, -0.25) is 9.78 Å². The van der Waals surface area contributed by atoms with Crippen LogP contribution in [0.4, 0.5) is 0 Å². The van der Waals surface area contributed by atoms with Crippen LogP contribution in [0.1, 0.15) is 60.3 Å². The Morgan fingerprint density at radius 3 is 2.42 bits per heavy atom. The SMILES string of the molecule is COc1cc(C(=O)N2CCC(c3cnc(C)cc3OC)CC2)ncc1OCC1(C)CC1. The predicted octanol–water partition coefficient (Wildman–Crippen LogP) is 4.00. The van der Waals surface area contributed by atoms with Crippen LogP contribution in [-0.2, 0) is 0 Å². The van der Waals surface area contributed by atoms with E-state index >= 15 is 0 Å². The van der Waals surface area contributed by atoms with Crippen molar-refractivity contribution >= 4 is 5.91 Å². The molecule has 0 bridgehead atoms. The molecule has 0 radical (unpaired) electrons. The van der Waals surface area contributed by atoms with Gasteiger partial charge in [0.05, 0.1) is 27.0 Å². The Balaban J connectivity index is 1.40. The minimum Gasteiger partial charge on any atom is -0.496 e. The zero-order valence-electron chi connectivity index (χ0n) is 18.8. The maximum atomic E-state index is 13.0. The number of aromatic nitrogens is 2. The van der Waals surface area contributed by atoms with Crippen LogP contribution < -0.4 is 14.2 Å². The molecule has 2 aromatic rings. The van der Waals surface area contributed by atoms with E-state index < -0.39 is 0 Å². The van der Waals surface area contributed by atoms with E-state index in [-0.39, 0.29) is 11.3 Å². The Labute approximate surface area is 183 Å². The smallest absolute Gasteiger partial charge is 0.272 e. The Hall–Kier alpha value is -2.83. The summed E-state index contributed by atoms with van der Waals surface area (Å²) in [6, 6.07) is 3.65. The molecule has 2 aromatic heterocycles. The Morgan fingerprint density at radius 1 is 1.06 bits per heavy atom. The highest BCUT2D eigenvalue weighted by atomic mass is 16.5. The van der Waals surface area contributed by atoms with Gasteiger partial charge in [0.15, 0.2) is 11.5 Å². The normalized spacial score (nSPS) is 17.9. The average Bonchev–Trinajstić information content (AvgIpc) is 3.54. The predicted molar refractivity (Wildman–Crippen MR) is 117 cm³/mol. The average molecular weight is 426 g/mol. The third-order valence-corrected chi connectivity index (χ3v) is 6.42. The van der Waals surface area contributed by atoms with E-state index in [9.17, 15) is 4.79 Å². The van der Waals surface area contributed by atoms with Gasteiger partial charge in [-0.2, -0.15) is 0 Å². The summed E-state index contributed by atoms with van der Waals surface area (Å²) in [7, 11) is 3.28. The lowest BCUT2D eigenvalue weighted by Crippen LogP contribution is -2.38. The standard InChI is InChI=1S/C24H31N3O4/c1-16-11-20(29-3)18(13-25-16)17-5-9-27(10-6-17)23(28)19-12-21(30-4)22(14-26-19)31-15-24(2)7-8-24/h11-14,17H,5-10,15H2,1-4H3. The lowest BCUT2D eigenvalue weighted by atomic mass is 9.89. The van der Waals surface area contributed by atoms with Gasteiger partial charge in [0, 0.05) is 48.1 Å². The minimum absolute atomic E-state index is 0.0774. The molecule has 31 heavy (non-hydrogen) atoms. The fourth-order valence-corrected chi connectivity index (χ4v) is 4.00. The van der Waals surface area contributed by atoms with Crippen molar-refractivity contribution in [3.63, 3.8) is 0 Å². The van der Waals surface area contributed by atoms with Crippen LogP contribution in [0.25, 0.3) is 0 Å². The van der Waals surface area contributed by atoms with Gasteiger partial charge in [-0.25, -0.2) is 4.98 Å². The van der Waals surface area contributed by atoms with Crippen LogP contribution in [-0.4, -0.2) is 54.7 Å². The van der Waals surface area contributed by atoms with Crippen molar-refractivity contribution in [3.8, 4) is 17.2 Å². The van der Waals surface area contributed by atoms with Crippen molar-refractivity contribution in [1.29, 1.82) is 0 Å². The molecule has 7 heteroatoms. The summed E-state index contributed by atoms with van der Waals surface area (Å²) in [6.07, 6.45) is 7.60. The van der Waals surface area contributed by atoms with E-state index in [2.05, 4.69) is 16.9 Å².